The van der Waals surface area contributed by atoms with Crippen LogP contribution in [0, 0.1) is 10.8 Å². The van der Waals surface area contributed by atoms with Crippen LogP contribution >= 0.6 is 0 Å². The van der Waals surface area contributed by atoms with E-state index in [4.69, 9.17) is 18.9 Å². The molecular formula is C30H30O8. The van der Waals surface area contributed by atoms with Crippen LogP contribution in [0.25, 0.3) is 0 Å². The Morgan fingerprint density at radius 3 is 1.18 bits per heavy atom. The average Bonchev–Trinajstić information content (AvgIpc) is 2.92. The van der Waals surface area contributed by atoms with Gasteiger partial charge in [-0.05, 0) is 64.1 Å². The average molecular weight is 519 g/mol. The van der Waals surface area contributed by atoms with Gasteiger partial charge in [-0.2, -0.15) is 0 Å². The molecule has 0 heterocycles. The van der Waals surface area contributed by atoms with E-state index in [1.165, 1.54) is 12.1 Å². The molecule has 0 saturated carbocycles. The Morgan fingerprint density at radius 1 is 0.526 bits per heavy atom. The van der Waals surface area contributed by atoms with Crippen LogP contribution in [0.1, 0.15) is 48.4 Å². The van der Waals surface area contributed by atoms with Gasteiger partial charge in [0.1, 0.15) is 13.2 Å². The number of esters is 4. The third-order valence-electron chi connectivity index (χ3n) is 5.51. The molecule has 0 aliphatic heterocycles. The van der Waals surface area contributed by atoms with Crippen molar-refractivity contribution in [3.8, 4) is 11.5 Å². The summed E-state index contributed by atoms with van der Waals surface area (Å²) in [7, 11) is 0. The number of carbonyl (C=O) groups excluding carboxylic acids is 4. The van der Waals surface area contributed by atoms with Gasteiger partial charge in [-0.25, -0.2) is 9.59 Å². The fourth-order valence-electron chi connectivity index (χ4n) is 3.02. The standard InChI is InChI=1S/C30H30O8/c1-29(2,19-35-25(31)21-13-7-5-8-14-21)27(33)37-23-17-11-12-18-24(23)38-28(34)30(3,4)20-36-26(32)22-15-9-6-10-16-22/h5-18H,19-20H2,1-4H3. The fourth-order valence-corrected chi connectivity index (χ4v) is 3.02. The highest BCUT2D eigenvalue weighted by Gasteiger charge is 2.35. The molecule has 0 unspecified atom stereocenters. The van der Waals surface area contributed by atoms with Crippen molar-refractivity contribution in [3.63, 3.8) is 0 Å². The third kappa shape index (κ3) is 7.52. The normalized spacial score (nSPS) is 11.3. The van der Waals surface area contributed by atoms with Gasteiger partial charge in [0.15, 0.2) is 11.5 Å². The number of para-hydroxylation sites is 2. The van der Waals surface area contributed by atoms with E-state index in [0.29, 0.717) is 11.1 Å². The second-order valence-electron chi connectivity index (χ2n) is 9.88. The zero-order valence-corrected chi connectivity index (χ0v) is 21.8. The molecule has 0 aromatic heterocycles. The number of carbonyl (C=O) groups is 4. The molecule has 8 heteroatoms. The predicted molar refractivity (Wildman–Crippen MR) is 139 cm³/mol. The van der Waals surface area contributed by atoms with Gasteiger partial charge in [-0.15, -0.1) is 0 Å². The summed E-state index contributed by atoms with van der Waals surface area (Å²) in [6.07, 6.45) is 0. The molecule has 38 heavy (non-hydrogen) atoms. The molecule has 0 atom stereocenters. The molecule has 0 fully saturated rings. The van der Waals surface area contributed by atoms with E-state index in [-0.39, 0.29) is 24.7 Å². The minimum Gasteiger partial charge on any atom is -0.461 e. The molecule has 3 rings (SSSR count). The first kappa shape index (κ1) is 28.1. The van der Waals surface area contributed by atoms with E-state index in [1.54, 1.807) is 100 Å². The first-order valence-electron chi connectivity index (χ1n) is 12.0. The van der Waals surface area contributed by atoms with Gasteiger partial charge >= 0.3 is 23.9 Å². The Balaban J connectivity index is 1.61. The lowest BCUT2D eigenvalue weighted by Gasteiger charge is -2.24. The molecule has 0 amide bonds. The largest absolute Gasteiger partial charge is 0.461 e. The summed E-state index contributed by atoms with van der Waals surface area (Å²) in [6, 6.07) is 23.1. The lowest BCUT2D eigenvalue weighted by atomic mass is 9.95. The number of benzene rings is 3. The van der Waals surface area contributed by atoms with Crippen LogP contribution in [0.4, 0.5) is 0 Å². The van der Waals surface area contributed by atoms with E-state index >= 15 is 0 Å². The zero-order valence-electron chi connectivity index (χ0n) is 21.8. The molecular weight excluding hydrogens is 488 g/mol. The minimum atomic E-state index is -1.19. The van der Waals surface area contributed by atoms with Crippen LogP contribution in [0.5, 0.6) is 11.5 Å². The Bertz CT molecular complexity index is 1180. The highest BCUT2D eigenvalue weighted by molar-refractivity contribution is 5.90. The quantitative estimate of drug-likeness (QED) is 0.264. The van der Waals surface area contributed by atoms with Crippen LogP contribution in [0.3, 0.4) is 0 Å². The van der Waals surface area contributed by atoms with Gasteiger partial charge < -0.3 is 18.9 Å². The summed E-state index contributed by atoms with van der Waals surface area (Å²) in [5.74, 6) is -2.45. The molecule has 0 aliphatic rings. The summed E-state index contributed by atoms with van der Waals surface area (Å²) < 4.78 is 21.7. The van der Waals surface area contributed by atoms with Crippen molar-refractivity contribution < 1.29 is 38.1 Å². The second-order valence-corrected chi connectivity index (χ2v) is 9.88. The van der Waals surface area contributed by atoms with Gasteiger partial charge in [0.05, 0.1) is 22.0 Å². The molecule has 0 saturated heterocycles. The first-order chi connectivity index (χ1) is 18.0. The summed E-state index contributed by atoms with van der Waals surface area (Å²) >= 11 is 0. The van der Waals surface area contributed by atoms with Crippen molar-refractivity contribution in [2.24, 2.45) is 10.8 Å². The summed E-state index contributed by atoms with van der Waals surface area (Å²) in [6.45, 7) is 5.86. The van der Waals surface area contributed by atoms with Crippen molar-refractivity contribution in [2.75, 3.05) is 13.2 Å². The molecule has 198 valence electrons. The molecule has 0 bridgehead atoms. The maximum atomic E-state index is 12.9. The van der Waals surface area contributed by atoms with E-state index in [2.05, 4.69) is 0 Å². The summed E-state index contributed by atoms with van der Waals surface area (Å²) in [4.78, 5) is 50.3. The van der Waals surface area contributed by atoms with Crippen LogP contribution in [0.2, 0.25) is 0 Å². The van der Waals surface area contributed by atoms with Crippen LogP contribution in [0.15, 0.2) is 84.9 Å². The van der Waals surface area contributed by atoms with Gasteiger partial charge in [0.2, 0.25) is 0 Å². The van der Waals surface area contributed by atoms with Gasteiger partial charge in [-0.3, -0.25) is 9.59 Å². The molecule has 0 N–H and O–H groups in total. The Kier molecular flexibility index (Phi) is 9.02. The number of rotatable bonds is 10. The summed E-state index contributed by atoms with van der Waals surface area (Å²) in [5.41, 5.74) is -1.64. The molecule has 3 aromatic carbocycles. The number of ether oxygens (including phenoxy) is 4. The monoisotopic (exact) mass is 518 g/mol. The molecule has 0 aliphatic carbocycles. The van der Waals surface area contributed by atoms with E-state index in [9.17, 15) is 19.2 Å². The van der Waals surface area contributed by atoms with Crippen LogP contribution in [-0.2, 0) is 19.1 Å². The highest BCUT2D eigenvalue weighted by atomic mass is 16.6. The van der Waals surface area contributed by atoms with Crippen molar-refractivity contribution >= 4 is 23.9 Å². The molecule has 8 nitrogen and oxygen atoms in total. The maximum Gasteiger partial charge on any atom is 0.338 e. The minimum absolute atomic E-state index is 0.0189. The first-order valence-corrected chi connectivity index (χ1v) is 12.0. The van der Waals surface area contributed by atoms with Gasteiger partial charge in [0, 0.05) is 0 Å². The van der Waals surface area contributed by atoms with Gasteiger partial charge in [0.25, 0.3) is 0 Å². The Hall–Kier alpha value is -4.46. The lowest BCUT2D eigenvalue weighted by Crippen LogP contribution is -2.35. The number of hydrogen-bond acceptors (Lipinski definition) is 8. The molecule has 0 radical (unpaired) electrons. The van der Waals surface area contributed by atoms with Crippen molar-refractivity contribution in [1.29, 1.82) is 0 Å². The van der Waals surface area contributed by atoms with Crippen molar-refractivity contribution in [1.82, 2.24) is 0 Å². The SMILES string of the molecule is CC(C)(COC(=O)c1ccccc1)C(=O)Oc1ccccc1OC(=O)C(C)(C)COC(=O)c1ccccc1. The third-order valence-corrected chi connectivity index (χ3v) is 5.51. The summed E-state index contributed by atoms with van der Waals surface area (Å²) in [5, 5.41) is 0. The Labute approximate surface area is 221 Å². The van der Waals surface area contributed by atoms with E-state index < -0.39 is 34.7 Å². The van der Waals surface area contributed by atoms with Crippen LogP contribution in [-0.4, -0.2) is 37.1 Å². The lowest BCUT2D eigenvalue weighted by molar-refractivity contribution is -0.149. The molecule has 3 aromatic rings. The number of hydrogen-bond donors (Lipinski definition) is 0. The van der Waals surface area contributed by atoms with Crippen molar-refractivity contribution in [3.05, 3.63) is 96.1 Å². The topological polar surface area (TPSA) is 105 Å². The second kappa shape index (κ2) is 12.2. The van der Waals surface area contributed by atoms with E-state index in [1.807, 2.05) is 0 Å². The fraction of sp³-hybridized carbons (Fsp3) is 0.267. The maximum absolute atomic E-state index is 12.9. The van der Waals surface area contributed by atoms with E-state index in [0.717, 1.165) is 0 Å². The zero-order chi connectivity index (χ0) is 27.8. The smallest absolute Gasteiger partial charge is 0.338 e. The van der Waals surface area contributed by atoms with Crippen molar-refractivity contribution in [2.45, 2.75) is 27.7 Å². The van der Waals surface area contributed by atoms with Crippen LogP contribution < -0.4 is 9.47 Å². The Morgan fingerprint density at radius 2 is 0.842 bits per heavy atom. The highest BCUT2D eigenvalue weighted by Crippen LogP contribution is 2.31. The predicted octanol–water partition coefficient (Wildman–Crippen LogP) is 5.26. The molecule has 0 spiro atoms. The van der Waals surface area contributed by atoms with Gasteiger partial charge in [-0.1, -0.05) is 48.5 Å².